The highest BCUT2D eigenvalue weighted by atomic mass is 16.5. The number of carbonyl (C=O) groups excluding carboxylic acids is 1. The van der Waals surface area contributed by atoms with E-state index in [1.807, 2.05) is 0 Å². The van der Waals surface area contributed by atoms with Gasteiger partial charge in [0.15, 0.2) is 0 Å². The van der Waals surface area contributed by atoms with E-state index >= 15 is 0 Å². The van der Waals surface area contributed by atoms with Gasteiger partial charge in [-0.15, -0.1) is 0 Å². The smallest absolute Gasteiger partial charge is 0.305 e. The van der Waals surface area contributed by atoms with Crippen LogP contribution in [0.2, 0.25) is 0 Å². The van der Waals surface area contributed by atoms with Crippen molar-refractivity contribution in [1.82, 2.24) is 0 Å². The van der Waals surface area contributed by atoms with Crippen molar-refractivity contribution in [3.05, 3.63) is 0 Å². The molecule has 0 aromatic heterocycles. The lowest BCUT2D eigenvalue weighted by Crippen LogP contribution is -2.48. The van der Waals surface area contributed by atoms with Gasteiger partial charge in [-0.1, -0.05) is 278 Å². The molecule has 0 amide bonds. The summed E-state index contributed by atoms with van der Waals surface area (Å²) in [6.07, 6.45) is 63.7. The maximum absolute atomic E-state index is 12.6. The highest BCUT2D eigenvalue weighted by Gasteiger charge is 2.21. The summed E-state index contributed by atoms with van der Waals surface area (Å²) in [5, 5.41) is 0. The molecule has 0 aliphatic heterocycles. The number of quaternary nitrogens is 1. The van der Waals surface area contributed by atoms with Gasteiger partial charge < -0.3 is 9.22 Å². The average Bonchev–Trinajstić information content (AvgIpc) is 3.22. The lowest BCUT2D eigenvalue weighted by Gasteiger charge is -2.34. The Hall–Kier alpha value is -0.570. The second kappa shape index (κ2) is 49.1. The van der Waals surface area contributed by atoms with E-state index in [9.17, 15) is 4.79 Å². The van der Waals surface area contributed by atoms with Crippen LogP contribution >= 0.6 is 0 Å². The van der Waals surface area contributed by atoms with Crippen LogP contribution in [-0.4, -0.2) is 43.7 Å². The van der Waals surface area contributed by atoms with Crippen LogP contribution in [0.15, 0.2) is 0 Å². The van der Waals surface area contributed by atoms with Gasteiger partial charge in [-0.2, -0.15) is 0 Å². The third kappa shape index (κ3) is 46.5. The van der Waals surface area contributed by atoms with Crippen molar-refractivity contribution in [2.45, 2.75) is 316 Å². The first-order valence-electron chi connectivity index (χ1n) is 27.6. The molecule has 0 unspecified atom stereocenters. The molecule has 0 aliphatic carbocycles. The van der Waals surface area contributed by atoms with E-state index in [1.54, 1.807) is 0 Å². The number of esters is 1. The number of ether oxygens (including phenoxy) is 1. The average molecular weight is 820 g/mol. The van der Waals surface area contributed by atoms with E-state index in [0.29, 0.717) is 13.0 Å². The summed E-state index contributed by atoms with van der Waals surface area (Å²) in [6.45, 7) is 11.0. The highest BCUT2D eigenvalue weighted by molar-refractivity contribution is 5.69. The molecule has 3 heteroatoms. The maximum Gasteiger partial charge on any atom is 0.305 e. The second-order valence-electron chi connectivity index (χ2n) is 19.6. The molecule has 0 spiro atoms. The fourth-order valence-corrected chi connectivity index (χ4v) is 9.16. The van der Waals surface area contributed by atoms with Crippen molar-refractivity contribution in [1.29, 1.82) is 0 Å². The van der Waals surface area contributed by atoms with Crippen LogP contribution in [0.1, 0.15) is 316 Å². The van der Waals surface area contributed by atoms with E-state index in [4.69, 9.17) is 4.74 Å². The van der Waals surface area contributed by atoms with Crippen molar-refractivity contribution in [3.8, 4) is 0 Å². The molecule has 0 fully saturated rings. The van der Waals surface area contributed by atoms with Gasteiger partial charge in [0, 0.05) is 6.42 Å². The second-order valence-corrected chi connectivity index (χ2v) is 19.6. The van der Waals surface area contributed by atoms with Gasteiger partial charge >= 0.3 is 5.97 Å². The number of rotatable bonds is 51. The summed E-state index contributed by atoms with van der Waals surface area (Å²) in [6, 6.07) is 0. The standard InChI is InChI=1S/C55H112NO2/c1-5-8-11-14-17-20-22-24-26-28-30-32-34-36-39-42-45-48-51-56(4,53-54-58-55(57)50-47-44-41-38-19-16-13-10-7-3)52-49-46-43-40-37-35-33-31-29-27-25-23-21-18-15-12-9-6-2/h5-54H2,1-4H3/q+1. The zero-order chi connectivity index (χ0) is 42.1. The third-order valence-corrected chi connectivity index (χ3v) is 13.5. The Morgan fingerprint density at radius 3 is 0.741 bits per heavy atom. The van der Waals surface area contributed by atoms with E-state index < -0.39 is 0 Å². The maximum atomic E-state index is 12.6. The Morgan fingerprint density at radius 1 is 0.293 bits per heavy atom. The number of carbonyl (C=O) groups is 1. The molecule has 0 aromatic rings. The first-order chi connectivity index (χ1) is 28.6. The van der Waals surface area contributed by atoms with Crippen LogP contribution in [0, 0.1) is 0 Å². The molecule has 0 atom stereocenters. The Morgan fingerprint density at radius 2 is 0.500 bits per heavy atom. The topological polar surface area (TPSA) is 26.3 Å². The van der Waals surface area contributed by atoms with Gasteiger partial charge in [-0.3, -0.25) is 4.79 Å². The zero-order valence-corrected chi connectivity index (χ0v) is 41.1. The van der Waals surface area contributed by atoms with Crippen molar-refractivity contribution >= 4 is 5.97 Å². The first kappa shape index (κ1) is 57.4. The zero-order valence-electron chi connectivity index (χ0n) is 41.1. The molecular weight excluding hydrogens is 707 g/mol. The van der Waals surface area contributed by atoms with Crippen molar-refractivity contribution in [3.63, 3.8) is 0 Å². The predicted octanol–water partition coefficient (Wildman–Crippen LogP) is 19.0. The largest absolute Gasteiger partial charge is 0.460 e. The minimum atomic E-state index is 0.0378. The van der Waals surface area contributed by atoms with E-state index in [-0.39, 0.29) is 5.97 Å². The van der Waals surface area contributed by atoms with Gasteiger partial charge in [0.2, 0.25) is 0 Å². The van der Waals surface area contributed by atoms with E-state index in [2.05, 4.69) is 27.8 Å². The fourth-order valence-electron chi connectivity index (χ4n) is 9.16. The summed E-state index contributed by atoms with van der Waals surface area (Å²) in [7, 11) is 2.45. The van der Waals surface area contributed by atoms with E-state index in [0.717, 1.165) is 17.4 Å². The van der Waals surface area contributed by atoms with Crippen LogP contribution < -0.4 is 0 Å². The molecule has 0 bridgehead atoms. The Kier molecular flexibility index (Phi) is 48.6. The number of hydrogen-bond acceptors (Lipinski definition) is 2. The molecule has 0 saturated heterocycles. The van der Waals surface area contributed by atoms with Gasteiger partial charge in [-0.25, -0.2) is 0 Å². The van der Waals surface area contributed by atoms with Crippen LogP contribution in [0.4, 0.5) is 0 Å². The normalized spacial score (nSPS) is 11.9. The first-order valence-corrected chi connectivity index (χ1v) is 27.6. The molecule has 3 nitrogen and oxygen atoms in total. The summed E-state index contributed by atoms with van der Waals surface area (Å²) >= 11 is 0. The number of hydrogen-bond donors (Lipinski definition) is 0. The third-order valence-electron chi connectivity index (χ3n) is 13.5. The molecule has 0 N–H and O–H groups in total. The minimum Gasteiger partial charge on any atom is -0.460 e. The summed E-state index contributed by atoms with van der Waals surface area (Å²) in [5.74, 6) is 0.0378. The van der Waals surface area contributed by atoms with Crippen LogP contribution in [0.25, 0.3) is 0 Å². The Balaban J connectivity index is 4.15. The van der Waals surface area contributed by atoms with Crippen LogP contribution in [0.3, 0.4) is 0 Å². The molecular formula is C55H112NO2+. The fraction of sp³-hybridized carbons (Fsp3) is 0.982. The molecule has 58 heavy (non-hydrogen) atoms. The summed E-state index contributed by atoms with van der Waals surface area (Å²) in [4.78, 5) is 12.6. The van der Waals surface area contributed by atoms with E-state index in [1.165, 1.54) is 296 Å². The summed E-state index contributed by atoms with van der Waals surface area (Å²) in [5.41, 5.74) is 0. The van der Waals surface area contributed by atoms with Gasteiger partial charge in [0.25, 0.3) is 0 Å². The highest BCUT2D eigenvalue weighted by Crippen LogP contribution is 2.18. The quantitative estimate of drug-likeness (QED) is 0.0347. The van der Waals surface area contributed by atoms with Crippen molar-refractivity contribution in [2.75, 3.05) is 33.3 Å². The molecule has 0 rings (SSSR count). The monoisotopic (exact) mass is 819 g/mol. The van der Waals surface area contributed by atoms with Gasteiger partial charge in [-0.05, 0) is 32.1 Å². The van der Waals surface area contributed by atoms with Crippen LogP contribution in [0.5, 0.6) is 0 Å². The molecule has 0 saturated carbocycles. The van der Waals surface area contributed by atoms with Crippen molar-refractivity contribution in [2.24, 2.45) is 0 Å². The van der Waals surface area contributed by atoms with Gasteiger partial charge in [0.05, 0.1) is 20.1 Å². The number of likely N-dealkylation sites (N-methyl/N-ethyl adjacent to an activating group) is 1. The predicted molar refractivity (Wildman–Crippen MR) is 261 cm³/mol. The molecule has 0 aliphatic rings. The van der Waals surface area contributed by atoms with Gasteiger partial charge in [0.1, 0.15) is 13.2 Å². The molecule has 348 valence electrons. The number of unbranched alkanes of at least 4 members (excludes halogenated alkanes) is 42. The van der Waals surface area contributed by atoms with Crippen molar-refractivity contribution < 1.29 is 14.0 Å². The van der Waals surface area contributed by atoms with Crippen LogP contribution in [-0.2, 0) is 9.53 Å². The SMILES string of the molecule is CCCCCCCCCCCCCCCCCCCC[N+](C)(CCCCCCCCCCCCCCCCCCCC)CCOC(=O)CCCCCCCCCCC. The molecule has 0 radical (unpaired) electrons. The lowest BCUT2D eigenvalue weighted by atomic mass is 10.0. The number of nitrogens with zero attached hydrogens (tertiary/aromatic N) is 1. The molecule has 0 aromatic carbocycles. The molecule has 0 heterocycles. The lowest BCUT2D eigenvalue weighted by molar-refractivity contribution is -0.910. The minimum absolute atomic E-state index is 0.0378. The Bertz CT molecular complexity index is 727. The Labute approximate surface area is 368 Å². The summed E-state index contributed by atoms with van der Waals surface area (Å²) < 4.78 is 6.92.